The van der Waals surface area contributed by atoms with E-state index in [0.717, 1.165) is 7.11 Å². The van der Waals surface area contributed by atoms with Gasteiger partial charge in [0.25, 0.3) is 0 Å². The summed E-state index contributed by atoms with van der Waals surface area (Å²) in [4.78, 5) is 10.2. The second-order valence-electron chi connectivity index (χ2n) is 2.26. The predicted octanol–water partition coefficient (Wildman–Crippen LogP) is 1.49. The highest BCUT2D eigenvalue weighted by Crippen LogP contribution is 2.32. The maximum absolute atomic E-state index is 13.0. The van der Waals surface area contributed by atoms with E-state index >= 15 is 0 Å². The van der Waals surface area contributed by atoms with Gasteiger partial charge in [0.1, 0.15) is 5.82 Å². The van der Waals surface area contributed by atoms with Crippen LogP contribution in [-0.4, -0.2) is 18.5 Å². The first-order valence-corrected chi connectivity index (χ1v) is 3.32. The maximum atomic E-state index is 13.0. The Morgan fingerprint density at radius 3 is 2.62 bits per heavy atom. The molecule has 0 aliphatic carbocycles. The van der Waals surface area contributed by atoms with Crippen LogP contribution in [-0.2, 0) is 0 Å². The van der Waals surface area contributed by atoms with Crippen molar-refractivity contribution in [3.63, 3.8) is 0 Å². The molecule has 0 aliphatic rings. The minimum absolute atomic E-state index is 0.0205. The first kappa shape index (κ1) is 9.44. The number of halogens is 2. The summed E-state index contributed by atoms with van der Waals surface area (Å²) in [5.41, 5.74) is -0.755. The zero-order chi connectivity index (χ0) is 10.0. The SMILES string of the molecule is COc1c(O)cc(F)c(C=O)c1F. The molecule has 70 valence electrons. The second kappa shape index (κ2) is 3.38. The normalized spacial score (nSPS) is 9.77. The molecule has 0 saturated heterocycles. The van der Waals surface area contributed by atoms with Crippen molar-refractivity contribution in [1.29, 1.82) is 0 Å². The minimum atomic E-state index is -1.20. The summed E-state index contributed by atoms with van der Waals surface area (Å²) >= 11 is 0. The molecule has 0 saturated carbocycles. The van der Waals surface area contributed by atoms with Crippen molar-refractivity contribution in [1.82, 2.24) is 0 Å². The fourth-order valence-electron chi connectivity index (χ4n) is 0.905. The van der Waals surface area contributed by atoms with Gasteiger partial charge in [-0.1, -0.05) is 0 Å². The highest BCUT2D eigenvalue weighted by atomic mass is 19.1. The van der Waals surface area contributed by atoms with E-state index in [-0.39, 0.29) is 6.29 Å². The molecule has 1 aromatic carbocycles. The molecule has 0 spiro atoms. The van der Waals surface area contributed by atoms with Crippen molar-refractivity contribution in [3.8, 4) is 11.5 Å². The zero-order valence-corrected chi connectivity index (χ0v) is 6.67. The molecule has 0 heterocycles. The first-order chi connectivity index (χ1) is 6.11. The van der Waals surface area contributed by atoms with E-state index in [4.69, 9.17) is 5.11 Å². The molecule has 1 aromatic rings. The lowest BCUT2D eigenvalue weighted by Gasteiger charge is -2.06. The van der Waals surface area contributed by atoms with Gasteiger partial charge < -0.3 is 9.84 Å². The molecular formula is C8H6F2O3. The van der Waals surface area contributed by atoms with Gasteiger partial charge in [0, 0.05) is 6.07 Å². The maximum Gasteiger partial charge on any atom is 0.197 e. The van der Waals surface area contributed by atoms with E-state index in [1.165, 1.54) is 0 Å². The highest BCUT2D eigenvalue weighted by molar-refractivity contribution is 5.77. The van der Waals surface area contributed by atoms with Crippen molar-refractivity contribution in [2.75, 3.05) is 7.11 Å². The predicted molar refractivity (Wildman–Crippen MR) is 40.0 cm³/mol. The summed E-state index contributed by atoms with van der Waals surface area (Å²) in [5.74, 6) is -3.53. The van der Waals surface area contributed by atoms with E-state index in [1.54, 1.807) is 0 Å². The number of carbonyl (C=O) groups is 1. The Kier molecular flexibility index (Phi) is 2.46. The summed E-state index contributed by atoms with van der Waals surface area (Å²) < 4.78 is 30.2. The van der Waals surface area contributed by atoms with Crippen LogP contribution < -0.4 is 4.74 Å². The number of benzene rings is 1. The number of aromatic hydroxyl groups is 1. The van der Waals surface area contributed by atoms with Gasteiger partial charge in [-0.15, -0.1) is 0 Å². The molecule has 0 amide bonds. The van der Waals surface area contributed by atoms with E-state index in [9.17, 15) is 13.6 Å². The zero-order valence-electron chi connectivity index (χ0n) is 6.67. The summed E-state index contributed by atoms with van der Waals surface area (Å²) in [6.07, 6.45) is 0.0205. The Morgan fingerprint density at radius 1 is 1.54 bits per heavy atom. The Balaban J connectivity index is 3.47. The lowest BCUT2D eigenvalue weighted by Crippen LogP contribution is -1.98. The first-order valence-electron chi connectivity index (χ1n) is 3.32. The van der Waals surface area contributed by atoms with Crippen LogP contribution in [0.3, 0.4) is 0 Å². The smallest absolute Gasteiger partial charge is 0.197 e. The van der Waals surface area contributed by atoms with Crippen LogP contribution in [0, 0.1) is 11.6 Å². The average molecular weight is 188 g/mol. The molecule has 0 radical (unpaired) electrons. The Hall–Kier alpha value is -1.65. The van der Waals surface area contributed by atoms with Crippen molar-refractivity contribution >= 4 is 6.29 Å². The van der Waals surface area contributed by atoms with Gasteiger partial charge in [0.2, 0.25) is 0 Å². The van der Waals surface area contributed by atoms with E-state index in [2.05, 4.69) is 4.74 Å². The highest BCUT2D eigenvalue weighted by Gasteiger charge is 2.18. The molecule has 1 N–H and O–H groups in total. The third-order valence-electron chi connectivity index (χ3n) is 1.51. The van der Waals surface area contributed by atoms with Gasteiger partial charge in [0.15, 0.2) is 23.6 Å². The van der Waals surface area contributed by atoms with Gasteiger partial charge in [-0.05, 0) is 0 Å². The summed E-state index contributed by atoms with van der Waals surface area (Å²) in [5, 5.41) is 8.97. The number of carbonyl (C=O) groups excluding carboxylic acids is 1. The van der Waals surface area contributed by atoms with E-state index in [1.807, 2.05) is 0 Å². The van der Waals surface area contributed by atoms with Crippen LogP contribution in [0.4, 0.5) is 8.78 Å². The quantitative estimate of drug-likeness (QED) is 0.715. The molecule has 0 bridgehead atoms. The molecule has 0 atom stereocenters. The van der Waals surface area contributed by atoms with Gasteiger partial charge in [-0.2, -0.15) is 0 Å². The third kappa shape index (κ3) is 1.44. The lowest BCUT2D eigenvalue weighted by atomic mass is 10.2. The Morgan fingerprint density at radius 2 is 2.15 bits per heavy atom. The molecule has 0 aromatic heterocycles. The molecule has 1 rings (SSSR count). The van der Waals surface area contributed by atoms with Crippen molar-refractivity contribution in [2.45, 2.75) is 0 Å². The van der Waals surface area contributed by atoms with Crippen molar-refractivity contribution < 1.29 is 23.4 Å². The second-order valence-corrected chi connectivity index (χ2v) is 2.26. The van der Waals surface area contributed by atoms with Gasteiger partial charge in [-0.3, -0.25) is 4.79 Å². The van der Waals surface area contributed by atoms with Crippen molar-refractivity contribution in [2.24, 2.45) is 0 Å². The monoisotopic (exact) mass is 188 g/mol. The Labute approximate surface area is 72.6 Å². The number of phenolic OH excluding ortho intramolecular Hbond substituents is 1. The topological polar surface area (TPSA) is 46.5 Å². The van der Waals surface area contributed by atoms with E-state index < -0.39 is 28.7 Å². The van der Waals surface area contributed by atoms with Gasteiger partial charge >= 0.3 is 0 Å². The third-order valence-corrected chi connectivity index (χ3v) is 1.51. The minimum Gasteiger partial charge on any atom is -0.504 e. The molecule has 0 unspecified atom stereocenters. The van der Waals surface area contributed by atoms with Gasteiger partial charge in [-0.25, -0.2) is 8.78 Å². The number of rotatable bonds is 2. The van der Waals surface area contributed by atoms with Crippen LogP contribution in [0.1, 0.15) is 10.4 Å². The van der Waals surface area contributed by atoms with Crippen LogP contribution in [0.15, 0.2) is 6.07 Å². The van der Waals surface area contributed by atoms with Crippen molar-refractivity contribution in [3.05, 3.63) is 23.3 Å². The molecule has 0 fully saturated rings. The average Bonchev–Trinajstić information content (AvgIpc) is 2.04. The van der Waals surface area contributed by atoms with E-state index in [0.29, 0.717) is 6.07 Å². The summed E-state index contributed by atoms with van der Waals surface area (Å²) in [7, 11) is 1.10. The molecule has 0 aliphatic heterocycles. The van der Waals surface area contributed by atoms with Crippen LogP contribution in [0.25, 0.3) is 0 Å². The number of hydrogen-bond acceptors (Lipinski definition) is 3. The largest absolute Gasteiger partial charge is 0.504 e. The number of methoxy groups -OCH3 is 1. The lowest BCUT2D eigenvalue weighted by molar-refractivity contribution is 0.111. The standard InChI is InChI=1S/C8H6F2O3/c1-13-8-6(12)2-5(9)4(3-11)7(8)10/h2-3,12H,1H3. The molecule has 3 nitrogen and oxygen atoms in total. The number of phenols is 1. The summed E-state index contributed by atoms with van der Waals surface area (Å²) in [6, 6.07) is 0.617. The molecule has 5 heteroatoms. The number of aldehydes is 1. The van der Waals surface area contributed by atoms with Gasteiger partial charge in [0.05, 0.1) is 12.7 Å². The molecule has 13 heavy (non-hydrogen) atoms. The van der Waals surface area contributed by atoms with Crippen LogP contribution in [0.2, 0.25) is 0 Å². The number of hydrogen-bond donors (Lipinski definition) is 1. The fourth-order valence-corrected chi connectivity index (χ4v) is 0.905. The summed E-state index contributed by atoms with van der Waals surface area (Å²) in [6.45, 7) is 0. The van der Waals surface area contributed by atoms with Crippen LogP contribution in [0.5, 0.6) is 11.5 Å². The van der Waals surface area contributed by atoms with Crippen LogP contribution >= 0.6 is 0 Å². The molecular weight excluding hydrogens is 182 g/mol. The fraction of sp³-hybridized carbons (Fsp3) is 0.125. The Bertz CT molecular complexity index is 350. The number of ether oxygens (including phenoxy) is 1.